The molecule has 0 spiro atoms. The maximum absolute atomic E-state index is 13.0. The molecule has 150 valence electrons. The van der Waals surface area contributed by atoms with E-state index in [1.165, 1.54) is 42.7 Å². The minimum atomic E-state index is -3.79. The van der Waals surface area contributed by atoms with Crippen molar-refractivity contribution in [2.24, 2.45) is 0 Å². The molecule has 4 aromatic rings. The molecule has 0 amide bonds. The van der Waals surface area contributed by atoms with Crippen molar-refractivity contribution in [2.45, 2.75) is 11.8 Å². The Kier molecular flexibility index (Phi) is 5.66. The Morgan fingerprint density at radius 1 is 1.00 bits per heavy atom. The third kappa shape index (κ3) is 4.44. The zero-order valence-electron chi connectivity index (χ0n) is 15.1. The number of benzene rings is 2. The van der Waals surface area contributed by atoms with E-state index in [2.05, 4.69) is 25.1 Å². The van der Waals surface area contributed by atoms with E-state index in [4.69, 9.17) is 0 Å². The molecule has 0 saturated carbocycles. The van der Waals surface area contributed by atoms with Gasteiger partial charge in [0.25, 0.3) is 15.8 Å². The lowest BCUT2D eigenvalue weighted by Gasteiger charge is -2.11. The van der Waals surface area contributed by atoms with Crippen LogP contribution < -0.4 is 10.0 Å². The molecule has 0 aliphatic heterocycles. The molecular weight excluding hydrogens is 419 g/mol. The third-order valence-electron chi connectivity index (χ3n) is 3.91. The number of halogens is 2. The van der Waals surface area contributed by atoms with Crippen molar-refractivity contribution in [1.29, 1.82) is 0 Å². The molecule has 29 heavy (non-hydrogen) atoms. The number of aromatic nitrogens is 4. The zero-order chi connectivity index (χ0) is 19.7. The molecule has 11 heteroatoms. The van der Waals surface area contributed by atoms with E-state index in [1.807, 2.05) is 13.0 Å². The van der Waals surface area contributed by atoms with E-state index in [-0.39, 0.29) is 23.0 Å². The number of fused-ring (bicyclic) bond motifs is 1. The maximum atomic E-state index is 13.0. The Balaban J connectivity index is 0.00000240. The van der Waals surface area contributed by atoms with Gasteiger partial charge in [-0.3, -0.25) is 4.72 Å². The van der Waals surface area contributed by atoms with Gasteiger partial charge in [-0.1, -0.05) is 0 Å². The number of hydrogen-bond acceptors (Lipinski definition) is 6. The van der Waals surface area contributed by atoms with Gasteiger partial charge in [-0.2, -0.15) is 14.6 Å². The summed E-state index contributed by atoms with van der Waals surface area (Å²) in [5.41, 5.74) is 1.72. The molecule has 8 nitrogen and oxygen atoms in total. The molecule has 0 atom stereocenters. The van der Waals surface area contributed by atoms with Crippen molar-refractivity contribution in [3.63, 3.8) is 0 Å². The van der Waals surface area contributed by atoms with Crippen molar-refractivity contribution >= 4 is 45.4 Å². The van der Waals surface area contributed by atoms with Gasteiger partial charge in [0.05, 0.1) is 4.90 Å². The van der Waals surface area contributed by atoms with Gasteiger partial charge in [0, 0.05) is 23.1 Å². The van der Waals surface area contributed by atoms with Gasteiger partial charge < -0.3 is 5.32 Å². The van der Waals surface area contributed by atoms with Crippen LogP contribution in [0.3, 0.4) is 0 Å². The molecule has 2 N–H and O–H groups in total. The number of anilines is 3. The van der Waals surface area contributed by atoms with Gasteiger partial charge in [0.2, 0.25) is 0 Å². The Morgan fingerprint density at radius 3 is 2.34 bits per heavy atom. The van der Waals surface area contributed by atoms with Crippen LogP contribution in [0.1, 0.15) is 5.69 Å². The average molecular weight is 435 g/mol. The largest absolute Gasteiger partial charge is 0.340 e. The lowest BCUT2D eigenvalue weighted by Crippen LogP contribution is -2.13. The van der Waals surface area contributed by atoms with E-state index in [0.717, 1.165) is 5.69 Å². The van der Waals surface area contributed by atoms with Crippen molar-refractivity contribution in [1.82, 2.24) is 19.6 Å². The monoisotopic (exact) mass is 434 g/mol. The van der Waals surface area contributed by atoms with Crippen LogP contribution in [0.15, 0.2) is 65.8 Å². The molecule has 0 aliphatic carbocycles. The summed E-state index contributed by atoms with van der Waals surface area (Å²) < 4.78 is 41.9. The van der Waals surface area contributed by atoms with Gasteiger partial charge in [-0.15, -0.1) is 12.4 Å². The summed E-state index contributed by atoms with van der Waals surface area (Å²) in [4.78, 5) is 8.41. The Bertz CT molecular complexity index is 1240. The van der Waals surface area contributed by atoms with E-state index in [9.17, 15) is 12.8 Å². The predicted molar refractivity (Wildman–Crippen MR) is 110 cm³/mol. The van der Waals surface area contributed by atoms with E-state index in [1.54, 1.807) is 16.6 Å². The van der Waals surface area contributed by atoms with Crippen LogP contribution in [-0.2, 0) is 10.0 Å². The summed E-state index contributed by atoms with van der Waals surface area (Å²) in [6.45, 7) is 1.84. The van der Waals surface area contributed by atoms with Crippen LogP contribution in [-0.4, -0.2) is 28.0 Å². The number of sulfonamides is 1. The minimum absolute atomic E-state index is 0. The molecule has 0 radical (unpaired) electrons. The molecule has 0 unspecified atom stereocenters. The fraction of sp³-hybridized carbons (Fsp3) is 0.0556. The molecule has 0 bridgehead atoms. The normalized spacial score (nSPS) is 11.1. The zero-order valence-corrected chi connectivity index (χ0v) is 16.7. The standard InChI is InChI=1S/C18H15FN6O2S.ClH/c1-12-10-17(25-18(22-12)20-11-21-25)23-14-6-8-16(9-7-14)28(26,27)24-15-4-2-13(19)3-5-15;/h2-11,23-24H,1H3;1H. The van der Waals surface area contributed by atoms with Crippen LogP contribution in [0, 0.1) is 12.7 Å². The Hall–Kier alpha value is -3.24. The number of aryl methyl sites for hydroxylation is 1. The maximum Gasteiger partial charge on any atom is 0.261 e. The van der Waals surface area contributed by atoms with Crippen LogP contribution >= 0.6 is 12.4 Å². The Labute approximate surface area is 172 Å². The van der Waals surface area contributed by atoms with Crippen LogP contribution in [0.5, 0.6) is 0 Å². The molecule has 2 heterocycles. The Morgan fingerprint density at radius 2 is 1.66 bits per heavy atom. The second-order valence-electron chi connectivity index (χ2n) is 6.02. The van der Waals surface area contributed by atoms with Crippen LogP contribution in [0.25, 0.3) is 5.78 Å². The van der Waals surface area contributed by atoms with Crippen LogP contribution in [0.4, 0.5) is 21.6 Å². The quantitative estimate of drug-likeness (QED) is 0.498. The molecular formula is C18H16ClFN6O2S. The third-order valence-corrected chi connectivity index (χ3v) is 5.31. The summed E-state index contributed by atoms with van der Waals surface area (Å²) >= 11 is 0. The van der Waals surface area contributed by atoms with Crippen molar-refractivity contribution < 1.29 is 12.8 Å². The highest BCUT2D eigenvalue weighted by Crippen LogP contribution is 2.21. The topological polar surface area (TPSA) is 101 Å². The SMILES string of the molecule is Cc1cc(Nc2ccc(S(=O)(=O)Nc3ccc(F)cc3)cc2)n2ncnc2n1.Cl. The fourth-order valence-electron chi connectivity index (χ4n) is 2.62. The first-order valence-electron chi connectivity index (χ1n) is 8.24. The minimum Gasteiger partial charge on any atom is -0.340 e. The van der Waals surface area contributed by atoms with Crippen LogP contribution in [0.2, 0.25) is 0 Å². The number of nitrogens with zero attached hydrogens (tertiary/aromatic N) is 4. The highest BCUT2D eigenvalue weighted by atomic mass is 35.5. The van der Waals surface area contributed by atoms with Gasteiger partial charge in [-0.25, -0.2) is 17.8 Å². The summed E-state index contributed by atoms with van der Waals surface area (Å²) in [5, 5.41) is 7.29. The second-order valence-corrected chi connectivity index (χ2v) is 7.70. The number of hydrogen-bond donors (Lipinski definition) is 2. The molecule has 2 aromatic carbocycles. The van der Waals surface area contributed by atoms with Crippen molar-refractivity contribution in [2.75, 3.05) is 10.0 Å². The van der Waals surface area contributed by atoms with E-state index >= 15 is 0 Å². The fourth-order valence-corrected chi connectivity index (χ4v) is 3.68. The van der Waals surface area contributed by atoms with Crippen molar-refractivity contribution in [3.8, 4) is 0 Å². The van der Waals surface area contributed by atoms with Gasteiger partial charge in [0.1, 0.15) is 18.0 Å². The van der Waals surface area contributed by atoms with Gasteiger partial charge in [-0.05, 0) is 55.5 Å². The highest BCUT2D eigenvalue weighted by molar-refractivity contribution is 7.92. The molecule has 0 aliphatic rings. The second kappa shape index (κ2) is 8.02. The lowest BCUT2D eigenvalue weighted by atomic mass is 10.3. The first-order chi connectivity index (χ1) is 13.4. The summed E-state index contributed by atoms with van der Waals surface area (Å²) in [6, 6.07) is 13.1. The van der Waals surface area contributed by atoms with E-state index in [0.29, 0.717) is 17.3 Å². The number of nitrogens with one attached hydrogen (secondary N) is 2. The molecule has 2 aromatic heterocycles. The summed E-state index contributed by atoms with van der Waals surface area (Å²) in [7, 11) is -3.79. The smallest absolute Gasteiger partial charge is 0.261 e. The summed E-state index contributed by atoms with van der Waals surface area (Å²) in [5.74, 6) is 0.677. The number of rotatable bonds is 5. The predicted octanol–water partition coefficient (Wildman–Crippen LogP) is 3.54. The van der Waals surface area contributed by atoms with Gasteiger partial charge in [0.15, 0.2) is 0 Å². The highest BCUT2D eigenvalue weighted by Gasteiger charge is 2.14. The summed E-state index contributed by atoms with van der Waals surface area (Å²) in [6.07, 6.45) is 1.41. The first kappa shape index (κ1) is 20.5. The molecule has 4 rings (SSSR count). The average Bonchev–Trinajstić information content (AvgIpc) is 3.12. The first-order valence-corrected chi connectivity index (χ1v) is 9.72. The van der Waals surface area contributed by atoms with E-state index < -0.39 is 15.8 Å². The van der Waals surface area contributed by atoms with Gasteiger partial charge >= 0.3 is 0 Å². The lowest BCUT2D eigenvalue weighted by molar-refractivity contribution is 0.601. The molecule has 0 fully saturated rings. The molecule has 0 saturated heterocycles. The van der Waals surface area contributed by atoms with Crippen molar-refractivity contribution in [3.05, 3.63) is 72.4 Å².